The predicted octanol–water partition coefficient (Wildman–Crippen LogP) is 3.58. The minimum atomic E-state index is 0.182. The molecule has 2 fully saturated rings. The Balaban J connectivity index is 2.00. The van der Waals surface area contributed by atoms with E-state index in [0.29, 0.717) is 11.9 Å². The molecule has 0 radical (unpaired) electrons. The van der Waals surface area contributed by atoms with E-state index in [-0.39, 0.29) is 11.3 Å². The van der Waals surface area contributed by atoms with E-state index in [9.17, 15) is 4.79 Å². The molecule has 0 aromatic carbocycles. The van der Waals surface area contributed by atoms with E-state index in [2.05, 4.69) is 31.0 Å². The Bertz CT molecular complexity index is 334. The van der Waals surface area contributed by atoms with Crippen LogP contribution in [0.2, 0.25) is 0 Å². The van der Waals surface area contributed by atoms with E-state index in [1.165, 1.54) is 38.5 Å². The van der Waals surface area contributed by atoms with Crippen molar-refractivity contribution >= 4 is 5.91 Å². The van der Waals surface area contributed by atoms with E-state index in [1.54, 1.807) is 0 Å². The summed E-state index contributed by atoms with van der Waals surface area (Å²) >= 11 is 0. The minimum Gasteiger partial charge on any atom is -0.341 e. The van der Waals surface area contributed by atoms with Crippen LogP contribution in [0.1, 0.15) is 72.1 Å². The first-order valence-electron chi connectivity index (χ1n) is 9.07. The number of nitrogens with zero attached hydrogens (tertiary/aromatic N) is 1. The first-order chi connectivity index (χ1) is 10.0. The topological polar surface area (TPSA) is 32.3 Å². The summed E-state index contributed by atoms with van der Waals surface area (Å²) in [5, 5.41) is 3.59. The largest absolute Gasteiger partial charge is 0.341 e. The Hall–Kier alpha value is -0.570. The number of amides is 1. The summed E-state index contributed by atoms with van der Waals surface area (Å²) in [6, 6.07) is 0.515. The maximum absolute atomic E-state index is 13.1. The van der Waals surface area contributed by atoms with Crippen molar-refractivity contribution in [3.63, 3.8) is 0 Å². The fraction of sp³-hybridized carbons (Fsp3) is 0.944. The summed E-state index contributed by atoms with van der Waals surface area (Å²) in [7, 11) is 0. The molecule has 2 unspecified atom stereocenters. The number of hydrogen-bond acceptors (Lipinski definition) is 2. The van der Waals surface area contributed by atoms with E-state index >= 15 is 0 Å². The third kappa shape index (κ3) is 4.45. The fourth-order valence-corrected chi connectivity index (χ4v) is 4.08. The highest BCUT2D eigenvalue weighted by atomic mass is 16.2. The van der Waals surface area contributed by atoms with Crippen molar-refractivity contribution in [2.24, 2.45) is 11.3 Å². The Morgan fingerprint density at radius 2 is 1.95 bits per heavy atom. The minimum absolute atomic E-state index is 0.182. The molecule has 3 heteroatoms. The monoisotopic (exact) mass is 294 g/mol. The SMILES string of the molecule is CCCN(CC1CCCCN1)C(=O)C1CCCCC1(C)C. The summed E-state index contributed by atoms with van der Waals surface area (Å²) < 4.78 is 0. The molecule has 0 spiro atoms. The lowest BCUT2D eigenvalue weighted by Gasteiger charge is -2.41. The van der Waals surface area contributed by atoms with Crippen LogP contribution in [0.3, 0.4) is 0 Å². The van der Waals surface area contributed by atoms with Crippen LogP contribution in [0.15, 0.2) is 0 Å². The van der Waals surface area contributed by atoms with Crippen molar-refractivity contribution in [3.05, 3.63) is 0 Å². The van der Waals surface area contributed by atoms with Gasteiger partial charge in [-0.2, -0.15) is 0 Å². The van der Waals surface area contributed by atoms with E-state index < -0.39 is 0 Å². The second kappa shape index (κ2) is 7.62. The average molecular weight is 294 g/mol. The van der Waals surface area contributed by atoms with Gasteiger partial charge in [0.2, 0.25) is 5.91 Å². The quantitative estimate of drug-likeness (QED) is 0.840. The molecule has 1 saturated heterocycles. The summed E-state index contributed by atoms with van der Waals surface area (Å²) in [6.45, 7) is 9.71. The molecular formula is C18H34N2O. The summed E-state index contributed by atoms with van der Waals surface area (Å²) in [4.78, 5) is 15.2. The molecule has 0 aromatic heterocycles. The van der Waals surface area contributed by atoms with E-state index in [1.807, 2.05) is 0 Å². The highest BCUT2D eigenvalue weighted by Gasteiger charge is 2.39. The van der Waals surface area contributed by atoms with Crippen LogP contribution < -0.4 is 5.32 Å². The second-order valence-corrected chi connectivity index (χ2v) is 7.72. The lowest BCUT2D eigenvalue weighted by molar-refractivity contribution is -0.141. The van der Waals surface area contributed by atoms with Gasteiger partial charge in [0.05, 0.1) is 0 Å². The molecule has 1 amide bonds. The first-order valence-corrected chi connectivity index (χ1v) is 9.07. The van der Waals surface area contributed by atoms with Gasteiger partial charge in [-0.05, 0) is 44.1 Å². The number of hydrogen-bond donors (Lipinski definition) is 1. The van der Waals surface area contributed by atoms with Crippen molar-refractivity contribution in [1.82, 2.24) is 10.2 Å². The normalized spacial score (nSPS) is 29.1. The van der Waals surface area contributed by atoms with Crippen LogP contribution in [0.4, 0.5) is 0 Å². The van der Waals surface area contributed by atoms with Gasteiger partial charge in [-0.15, -0.1) is 0 Å². The van der Waals surface area contributed by atoms with Crippen LogP contribution in [-0.4, -0.2) is 36.5 Å². The third-order valence-electron chi connectivity index (χ3n) is 5.46. The molecule has 21 heavy (non-hydrogen) atoms. The summed E-state index contributed by atoms with van der Waals surface area (Å²) in [5.41, 5.74) is 0.182. The Labute approximate surface area is 130 Å². The number of piperidine rings is 1. The van der Waals surface area contributed by atoms with E-state index in [0.717, 1.165) is 32.5 Å². The molecule has 3 nitrogen and oxygen atoms in total. The first kappa shape index (κ1) is 16.8. The second-order valence-electron chi connectivity index (χ2n) is 7.72. The zero-order chi connectivity index (χ0) is 15.3. The molecule has 2 rings (SSSR count). The molecule has 1 aliphatic heterocycles. The van der Waals surface area contributed by atoms with Crippen molar-refractivity contribution in [2.75, 3.05) is 19.6 Å². The fourth-order valence-electron chi connectivity index (χ4n) is 4.08. The van der Waals surface area contributed by atoms with Gasteiger partial charge in [-0.1, -0.05) is 40.0 Å². The van der Waals surface area contributed by atoms with Gasteiger partial charge in [0.25, 0.3) is 0 Å². The predicted molar refractivity (Wildman–Crippen MR) is 88.3 cm³/mol. The molecule has 2 atom stereocenters. The van der Waals surface area contributed by atoms with Gasteiger partial charge >= 0.3 is 0 Å². The molecule has 1 heterocycles. The van der Waals surface area contributed by atoms with Crippen LogP contribution >= 0.6 is 0 Å². The smallest absolute Gasteiger partial charge is 0.226 e. The van der Waals surface area contributed by atoms with E-state index in [4.69, 9.17) is 0 Å². The van der Waals surface area contributed by atoms with Crippen LogP contribution in [-0.2, 0) is 4.79 Å². The van der Waals surface area contributed by atoms with Gasteiger partial charge in [-0.3, -0.25) is 4.79 Å². The van der Waals surface area contributed by atoms with Crippen LogP contribution in [0.5, 0.6) is 0 Å². The molecule has 0 aromatic rings. The Kier molecular flexibility index (Phi) is 6.09. The lowest BCUT2D eigenvalue weighted by Crippen LogP contribution is -2.50. The maximum atomic E-state index is 13.1. The summed E-state index contributed by atoms with van der Waals surface area (Å²) in [5.74, 6) is 0.662. The van der Waals surface area contributed by atoms with Crippen molar-refractivity contribution in [1.29, 1.82) is 0 Å². The zero-order valence-electron chi connectivity index (χ0n) is 14.3. The number of carbonyl (C=O) groups excluding carboxylic acids is 1. The van der Waals surface area contributed by atoms with Gasteiger partial charge in [0.15, 0.2) is 0 Å². The number of rotatable bonds is 5. The highest BCUT2D eigenvalue weighted by molar-refractivity contribution is 5.79. The van der Waals surface area contributed by atoms with Gasteiger partial charge in [-0.25, -0.2) is 0 Å². The number of carbonyl (C=O) groups is 1. The molecule has 1 saturated carbocycles. The number of nitrogens with one attached hydrogen (secondary N) is 1. The van der Waals surface area contributed by atoms with Crippen LogP contribution in [0.25, 0.3) is 0 Å². The molecule has 0 bridgehead atoms. The zero-order valence-corrected chi connectivity index (χ0v) is 14.3. The van der Waals surface area contributed by atoms with Gasteiger partial charge in [0.1, 0.15) is 0 Å². The van der Waals surface area contributed by atoms with Gasteiger partial charge < -0.3 is 10.2 Å². The molecule has 1 N–H and O–H groups in total. The highest BCUT2D eigenvalue weighted by Crippen LogP contribution is 2.41. The summed E-state index contributed by atoms with van der Waals surface area (Å²) in [6.07, 6.45) is 9.67. The molecule has 2 aliphatic rings. The molecule has 1 aliphatic carbocycles. The molecular weight excluding hydrogens is 260 g/mol. The van der Waals surface area contributed by atoms with Crippen molar-refractivity contribution in [2.45, 2.75) is 78.2 Å². The molecule has 122 valence electrons. The maximum Gasteiger partial charge on any atom is 0.226 e. The van der Waals surface area contributed by atoms with Gasteiger partial charge in [0, 0.05) is 25.0 Å². The standard InChI is InChI=1S/C18H34N2O/c1-4-13-20(14-15-9-6-8-12-19-15)17(21)16-10-5-7-11-18(16,2)3/h15-16,19H,4-14H2,1-3H3. The van der Waals surface area contributed by atoms with Crippen LogP contribution in [0, 0.1) is 11.3 Å². The average Bonchev–Trinajstić information content (AvgIpc) is 2.47. The van der Waals surface area contributed by atoms with Crippen molar-refractivity contribution < 1.29 is 4.79 Å². The Morgan fingerprint density at radius 3 is 2.57 bits per heavy atom. The third-order valence-corrected chi connectivity index (χ3v) is 5.46. The van der Waals surface area contributed by atoms with Crippen molar-refractivity contribution in [3.8, 4) is 0 Å². The lowest BCUT2D eigenvalue weighted by atomic mass is 9.68. The Morgan fingerprint density at radius 1 is 1.19 bits per heavy atom.